The molecular formula is C14H12N4O. The summed E-state index contributed by atoms with van der Waals surface area (Å²) in [7, 11) is 0. The molecule has 19 heavy (non-hydrogen) atoms. The van der Waals surface area contributed by atoms with Crippen molar-refractivity contribution in [3.63, 3.8) is 0 Å². The molecule has 2 aromatic rings. The predicted molar refractivity (Wildman–Crippen MR) is 70.4 cm³/mol. The zero-order valence-electron chi connectivity index (χ0n) is 10.5. The summed E-state index contributed by atoms with van der Waals surface area (Å²) in [6.07, 6.45) is 0.928. The molecule has 0 saturated heterocycles. The maximum absolute atomic E-state index is 8.89. The third-order valence-electron chi connectivity index (χ3n) is 2.91. The fraction of sp³-hybridized carbons (Fsp3) is 0.214. The normalized spacial score (nSPS) is 12.4. The zero-order chi connectivity index (χ0) is 13.2. The number of rotatable bonds is 2. The molecule has 0 saturated carbocycles. The summed E-state index contributed by atoms with van der Waals surface area (Å²) < 4.78 is 5.46. The molecule has 5 nitrogen and oxygen atoms in total. The van der Waals surface area contributed by atoms with E-state index in [0.717, 1.165) is 24.5 Å². The summed E-state index contributed by atoms with van der Waals surface area (Å²) in [5.74, 6) is 2.15. The molecule has 5 heteroatoms. The fourth-order valence-corrected chi connectivity index (χ4v) is 2.10. The summed E-state index contributed by atoms with van der Waals surface area (Å²) in [6, 6.07) is 9.59. The average Bonchev–Trinajstić information content (AvgIpc) is 2.85. The van der Waals surface area contributed by atoms with E-state index in [-0.39, 0.29) is 0 Å². The van der Waals surface area contributed by atoms with Crippen LogP contribution in [0.4, 0.5) is 11.5 Å². The molecule has 0 radical (unpaired) electrons. The van der Waals surface area contributed by atoms with Crippen LogP contribution in [-0.2, 0) is 6.42 Å². The lowest BCUT2D eigenvalue weighted by Gasteiger charge is -2.08. The second-order valence-electron chi connectivity index (χ2n) is 4.34. The van der Waals surface area contributed by atoms with Crippen LogP contribution >= 0.6 is 0 Å². The highest BCUT2D eigenvalue weighted by atomic mass is 16.5. The van der Waals surface area contributed by atoms with Gasteiger partial charge in [0, 0.05) is 18.2 Å². The monoisotopic (exact) mass is 252 g/mol. The molecule has 1 N–H and O–H groups in total. The number of benzene rings is 1. The van der Waals surface area contributed by atoms with Gasteiger partial charge in [0.15, 0.2) is 0 Å². The van der Waals surface area contributed by atoms with Crippen LogP contribution in [0.15, 0.2) is 24.3 Å². The van der Waals surface area contributed by atoms with Gasteiger partial charge in [-0.1, -0.05) is 0 Å². The highest BCUT2D eigenvalue weighted by molar-refractivity contribution is 5.60. The van der Waals surface area contributed by atoms with Crippen LogP contribution in [0.5, 0.6) is 5.75 Å². The van der Waals surface area contributed by atoms with Crippen molar-refractivity contribution in [1.29, 1.82) is 5.26 Å². The van der Waals surface area contributed by atoms with Crippen LogP contribution in [0, 0.1) is 18.3 Å². The number of fused-ring (bicyclic) bond motifs is 1. The molecule has 1 aromatic heterocycles. The van der Waals surface area contributed by atoms with Crippen molar-refractivity contribution in [2.24, 2.45) is 0 Å². The van der Waals surface area contributed by atoms with Crippen LogP contribution < -0.4 is 10.1 Å². The Morgan fingerprint density at radius 1 is 1.32 bits per heavy atom. The van der Waals surface area contributed by atoms with E-state index in [1.165, 1.54) is 5.56 Å². The Kier molecular flexibility index (Phi) is 2.76. The number of aryl methyl sites for hydroxylation is 1. The summed E-state index contributed by atoms with van der Waals surface area (Å²) >= 11 is 0. The van der Waals surface area contributed by atoms with Crippen molar-refractivity contribution >= 4 is 11.5 Å². The number of aromatic nitrogens is 2. The first-order valence-corrected chi connectivity index (χ1v) is 6.03. The van der Waals surface area contributed by atoms with Crippen molar-refractivity contribution in [1.82, 2.24) is 9.97 Å². The van der Waals surface area contributed by atoms with Gasteiger partial charge in [0.25, 0.3) is 0 Å². The number of hydrogen-bond donors (Lipinski definition) is 1. The maximum Gasteiger partial charge on any atom is 0.146 e. The Balaban J connectivity index is 1.89. The molecule has 2 heterocycles. The summed E-state index contributed by atoms with van der Waals surface area (Å²) in [4.78, 5) is 8.29. The van der Waals surface area contributed by atoms with Gasteiger partial charge in [-0.25, -0.2) is 9.97 Å². The van der Waals surface area contributed by atoms with Crippen LogP contribution in [0.2, 0.25) is 0 Å². The quantitative estimate of drug-likeness (QED) is 0.888. The lowest BCUT2D eigenvalue weighted by atomic mass is 10.1. The van der Waals surface area contributed by atoms with Gasteiger partial charge in [0.05, 0.1) is 6.61 Å². The third kappa shape index (κ3) is 2.33. The van der Waals surface area contributed by atoms with E-state index in [0.29, 0.717) is 17.3 Å². The minimum absolute atomic E-state index is 0.361. The number of nitrogens with one attached hydrogen (secondary N) is 1. The van der Waals surface area contributed by atoms with Crippen LogP contribution in [0.25, 0.3) is 0 Å². The number of ether oxygens (including phenoxy) is 1. The van der Waals surface area contributed by atoms with E-state index >= 15 is 0 Å². The molecular weight excluding hydrogens is 240 g/mol. The van der Waals surface area contributed by atoms with E-state index in [1.807, 2.05) is 24.3 Å². The van der Waals surface area contributed by atoms with Gasteiger partial charge >= 0.3 is 0 Å². The number of hydrogen-bond acceptors (Lipinski definition) is 5. The third-order valence-corrected chi connectivity index (χ3v) is 2.91. The van der Waals surface area contributed by atoms with Gasteiger partial charge in [-0.2, -0.15) is 5.26 Å². The Bertz CT molecular complexity index is 676. The first-order chi connectivity index (χ1) is 9.24. The molecule has 1 aromatic carbocycles. The summed E-state index contributed by atoms with van der Waals surface area (Å²) in [5, 5.41) is 12.1. The smallest absolute Gasteiger partial charge is 0.146 e. The largest absolute Gasteiger partial charge is 0.493 e. The molecule has 3 rings (SSSR count). The molecule has 1 aliphatic rings. The number of anilines is 2. The molecule has 0 amide bonds. The number of nitrogens with zero attached hydrogens (tertiary/aromatic N) is 3. The topological polar surface area (TPSA) is 70.8 Å². The minimum atomic E-state index is 0.361. The average molecular weight is 252 g/mol. The predicted octanol–water partition coefficient (Wildman–Crippen LogP) is 2.34. The highest BCUT2D eigenvalue weighted by Gasteiger charge is 2.12. The van der Waals surface area contributed by atoms with E-state index in [9.17, 15) is 0 Å². The SMILES string of the molecule is Cc1nc(C#N)cc(Nc2ccc3c(c2)CCO3)n1. The standard InChI is InChI=1S/C14H12N4O/c1-9-16-12(8-15)7-14(17-9)18-11-2-3-13-10(6-11)4-5-19-13/h2-3,6-7H,4-5H2,1H3,(H,16,17,18). The Morgan fingerprint density at radius 3 is 3.05 bits per heavy atom. The van der Waals surface area contributed by atoms with Crippen molar-refractivity contribution < 1.29 is 4.74 Å². The molecule has 0 spiro atoms. The molecule has 94 valence electrons. The van der Waals surface area contributed by atoms with Crippen LogP contribution in [0.3, 0.4) is 0 Å². The molecule has 0 atom stereocenters. The van der Waals surface area contributed by atoms with Crippen molar-refractivity contribution in [3.05, 3.63) is 41.3 Å². The summed E-state index contributed by atoms with van der Waals surface area (Å²) in [5.41, 5.74) is 2.49. The fourth-order valence-electron chi connectivity index (χ4n) is 2.10. The molecule has 0 unspecified atom stereocenters. The van der Waals surface area contributed by atoms with E-state index in [2.05, 4.69) is 15.3 Å². The van der Waals surface area contributed by atoms with Crippen LogP contribution in [0.1, 0.15) is 17.1 Å². The van der Waals surface area contributed by atoms with Crippen LogP contribution in [-0.4, -0.2) is 16.6 Å². The van der Waals surface area contributed by atoms with E-state index in [4.69, 9.17) is 10.00 Å². The van der Waals surface area contributed by atoms with Gasteiger partial charge in [0.1, 0.15) is 29.2 Å². The molecule has 0 bridgehead atoms. The van der Waals surface area contributed by atoms with Gasteiger partial charge in [-0.3, -0.25) is 0 Å². The first kappa shape index (κ1) is 11.5. The molecule has 1 aliphatic heterocycles. The van der Waals surface area contributed by atoms with Crippen molar-refractivity contribution in [2.75, 3.05) is 11.9 Å². The van der Waals surface area contributed by atoms with E-state index < -0.39 is 0 Å². The molecule has 0 fully saturated rings. The second kappa shape index (κ2) is 4.58. The maximum atomic E-state index is 8.89. The molecule has 0 aliphatic carbocycles. The second-order valence-corrected chi connectivity index (χ2v) is 4.34. The first-order valence-electron chi connectivity index (χ1n) is 6.03. The zero-order valence-corrected chi connectivity index (χ0v) is 10.5. The van der Waals surface area contributed by atoms with Gasteiger partial charge < -0.3 is 10.1 Å². The minimum Gasteiger partial charge on any atom is -0.493 e. The van der Waals surface area contributed by atoms with Gasteiger partial charge in [-0.15, -0.1) is 0 Å². The van der Waals surface area contributed by atoms with Crippen molar-refractivity contribution in [3.8, 4) is 11.8 Å². The van der Waals surface area contributed by atoms with Crippen molar-refractivity contribution in [2.45, 2.75) is 13.3 Å². The van der Waals surface area contributed by atoms with E-state index in [1.54, 1.807) is 13.0 Å². The lowest BCUT2D eigenvalue weighted by Crippen LogP contribution is -1.99. The Morgan fingerprint density at radius 2 is 2.21 bits per heavy atom. The Hall–Kier alpha value is -2.61. The van der Waals surface area contributed by atoms with Gasteiger partial charge in [0.2, 0.25) is 0 Å². The Labute approximate surface area is 110 Å². The lowest BCUT2D eigenvalue weighted by molar-refractivity contribution is 0.357. The number of nitriles is 1. The highest BCUT2D eigenvalue weighted by Crippen LogP contribution is 2.28. The summed E-state index contributed by atoms with van der Waals surface area (Å²) in [6.45, 7) is 2.51. The van der Waals surface area contributed by atoms with Gasteiger partial charge in [-0.05, 0) is 30.7 Å².